The molecule has 0 aromatic rings. The molecule has 1 N–H and O–H groups in total. The van der Waals surface area contributed by atoms with Crippen molar-refractivity contribution in [2.45, 2.75) is 33.0 Å². The number of aliphatic hydroxyl groups is 1. The summed E-state index contributed by atoms with van der Waals surface area (Å²) >= 11 is 0. The quantitative estimate of drug-likeness (QED) is 0.568. The minimum atomic E-state index is 0.0625. The molecule has 0 spiro atoms. The first-order valence-corrected chi connectivity index (χ1v) is 3.35. The van der Waals surface area contributed by atoms with Gasteiger partial charge < -0.3 is 9.84 Å². The predicted molar refractivity (Wildman–Crippen MR) is 35.2 cm³/mol. The van der Waals surface area contributed by atoms with Gasteiger partial charge in [0, 0.05) is 5.41 Å². The van der Waals surface area contributed by atoms with Crippen molar-refractivity contribution in [3.63, 3.8) is 0 Å². The Labute approximate surface area is 55.8 Å². The summed E-state index contributed by atoms with van der Waals surface area (Å²) in [5.74, 6) is 0. The molecule has 2 nitrogen and oxygen atoms in total. The molecule has 1 heterocycles. The van der Waals surface area contributed by atoms with Crippen LogP contribution in [0.5, 0.6) is 0 Å². The standard InChI is InChI=1S/C7H14O2/c1-5-7(2,3)6(4-8)9-5/h5-6,8H,4H2,1-3H3/t5-,6+/m1/s1. The van der Waals surface area contributed by atoms with Gasteiger partial charge in [-0.3, -0.25) is 0 Å². The Balaban J connectivity index is 2.48. The van der Waals surface area contributed by atoms with E-state index in [0.29, 0.717) is 6.10 Å². The van der Waals surface area contributed by atoms with Gasteiger partial charge in [-0.1, -0.05) is 13.8 Å². The summed E-state index contributed by atoms with van der Waals surface area (Å²) in [5, 5.41) is 8.71. The molecule has 1 rings (SSSR count). The number of ether oxygens (including phenoxy) is 1. The van der Waals surface area contributed by atoms with E-state index in [0.717, 1.165) is 0 Å². The van der Waals surface area contributed by atoms with Crippen molar-refractivity contribution < 1.29 is 9.84 Å². The number of hydrogen-bond donors (Lipinski definition) is 1. The molecule has 0 unspecified atom stereocenters. The Morgan fingerprint density at radius 1 is 1.56 bits per heavy atom. The summed E-state index contributed by atoms with van der Waals surface area (Å²) in [7, 11) is 0. The van der Waals surface area contributed by atoms with E-state index in [4.69, 9.17) is 9.84 Å². The van der Waals surface area contributed by atoms with Gasteiger partial charge in [-0.05, 0) is 6.92 Å². The fraction of sp³-hybridized carbons (Fsp3) is 1.00. The molecule has 1 aliphatic rings. The zero-order valence-electron chi connectivity index (χ0n) is 6.22. The molecule has 1 fully saturated rings. The molecule has 0 aromatic carbocycles. The summed E-state index contributed by atoms with van der Waals surface area (Å²) in [6, 6.07) is 0. The Hall–Kier alpha value is -0.0800. The molecule has 9 heavy (non-hydrogen) atoms. The third kappa shape index (κ3) is 0.864. The minimum absolute atomic E-state index is 0.0625. The second kappa shape index (κ2) is 1.96. The van der Waals surface area contributed by atoms with Crippen LogP contribution in [0.3, 0.4) is 0 Å². The SMILES string of the molecule is C[C@H]1O[C@@H](CO)C1(C)C. The van der Waals surface area contributed by atoms with Gasteiger partial charge in [0.2, 0.25) is 0 Å². The van der Waals surface area contributed by atoms with E-state index < -0.39 is 0 Å². The van der Waals surface area contributed by atoms with Crippen LogP contribution in [0.4, 0.5) is 0 Å². The van der Waals surface area contributed by atoms with Crippen LogP contribution in [0.2, 0.25) is 0 Å². The molecule has 0 aromatic heterocycles. The summed E-state index contributed by atoms with van der Waals surface area (Å²) in [6.45, 7) is 6.41. The van der Waals surface area contributed by atoms with E-state index in [1.165, 1.54) is 0 Å². The average Bonchev–Trinajstić information content (AvgIpc) is 1.82. The predicted octanol–water partition coefficient (Wildman–Crippen LogP) is 0.792. The smallest absolute Gasteiger partial charge is 0.0885 e. The molecular formula is C7H14O2. The highest BCUT2D eigenvalue weighted by molar-refractivity contribution is 4.93. The largest absolute Gasteiger partial charge is 0.394 e. The van der Waals surface area contributed by atoms with Gasteiger partial charge in [0.1, 0.15) is 0 Å². The van der Waals surface area contributed by atoms with Crippen molar-refractivity contribution in [2.24, 2.45) is 5.41 Å². The third-order valence-corrected chi connectivity index (χ3v) is 2.41. The number of aliphatic hydroxyl groups excluding tert-OH is 1. The van der Waals surface area contributed by atoms with Crippen LogP contribution in [0.15, 0.2) is 0 Å². The van der Waals surface area contributed by atoms with Crippen molar-refractivity contribution in [2.75, 3.05) is 6.61 Å². The molecule has 0 amide bonds. The molecule has 1 aliphatic heterocycles. The first-order chi connectivity index (χ1) is 4.09. The molecule has 54 valence electrons. The van der Waals surface area contributed by atoms with Crippen LogP contribution >= 0.6 is 0 Å². The minimum Gasteiger partial charge on any atom is -0.394 e. The monoisotopic (exact) mass is 130 g/mol. The van der Waals surface area contributed by atoms with Gasteiger partial charge in [-0.15, -0.1) is 0 Å². The highest BCUT2D eigenvalue weighted by Crippen LogP contribution is 2.39. The number of rotatable bonds is 1. The van der Waals surface area contributed by atoms with Crippen LogP contribution in [0.25, 0.3) is 0 Å². The zero-order chi connectivity index (χ0) is 7.07. The van der Waals surface area contributed by atoms with E-state index in [9.17, 15) is 0 Å². The van der Waals surface area contributed by atoms with E-state index in [1.807, 2.05) is 6.92 Å². The number of hydrogen-bond acceptors (Lipinski definition) is 2. The molecule has 0 bridgehead atoms. The maximum absolute atomic E-state index is 8.71. The normalized spacial score (nSPS) is 40.0. The highest BCUT2D eigenvalue weighted by Gasteiger charge is 2.46. The van der Waals surface area contributed by atoms with Gasteiger partial charge in [0.05, 0.1) is 18.8 Å². The van der Waals surface area contributed by atoms with Crippen molar-refractivity contribution in [3.05, 3.63) is 0 Å². The van der Waals surface area contributed by atoms with Crippen LogP contribution in [-0.4, -0.2) is 23.9 Å². The second-order valence-electron chi connectivity index (χ2n) is 3.27. The summed E-state index contributed by atoms with van der Waals surface area (Å²) in [5.41, 5.74) is 0.175. The average molecular weight is 130 g/mol. The van der Waals surface area contributed by atoms with Crippen molar-refractivity contribution in [1.82, 2.24) is 0 Å². The molecule has 0 aliphatic carbocycles. The molecule has 0 saturated carbocycles. The maximum Gasteiger partial charge on any atom is 0.0885 e. The van der Waals surface area contributed by atoms with Gasteiger partial charge in [-0.2, -0.15) is 0 Å². The van der Waals surface area contributed by atoms with Crippen LogP contribution in [0.1, 0.15) is 20.8 Å². The highest BCUT2D eigenvalue weighted by atomic mass is 16.5. The van der Waals surface area contributed by atoms with Crippen LogP contribution in [0, 0.1) is 5.41 Å². The van der Waals surface area contributed by atoms with E-state index in [-0.39, 0.29) is 18.1 Å². The van der Waals surface area contributed by atoms with E-state index in [1.54, 1.807) is 0 Å². The van der Waals surface area contributed by atoms with Crippen LogP contribution in [-0.2, 0) is 4.74 Å². The third-order valence-electron chi connectivity index (χ3n) is 2.41. The van der Waals surface area contributed by atoms with Gasteiger partial charge in [-0.25, -0.2) is 0 Å². The second-order valence-corrected chi connectivity index (χ2v) is 3.27. The molecule has 2 heteroatoms. The lowest BCUT2D eigenvalue weighted by Gasteiger charge is -2.49. The Kier molecular flexibility index (Phi) is 1.53. The Bertz CT molecular complexity index is 109. The lowest BCUT2D eigenvalue weighted by Crippen LogP contribution is -2.56. The summed E-state index contributed by atoms with van der Waals surface area (Å²) in [6.07, 6.45) is 0.363. The summed E-state index contributed by atoms with van der Waals surface area (Å²) in [4.78, 5) is 0. The zero-order valence-corrected chi connectivity index (χ0v) is 6.22. The molecule has 1 saturated heterocycles. The van der Waals surface area contributed by atoms with Gasteiger partial charge >= 0.3 is 0 Å². The van der Waals surface area contributed by atoms with Crippen molar-refractivity contribution in [1.29, 1.82) is 0 Å². The molecule has 0 radical (unpaired) electrons. The first kappa shape index (κ1) is 7.03. The van der Waals surface area contributed by atoms with Crippen molar-refractivity contribution in [3.8, 4) is 0 Å². The molecule has 2 atom stereocenters. The maximum atomic E-state index is 8.71. The topological polar surface area (TPSA) is 29.5 Å². The van der Waals surface area contributed by atoms with Gasteiger partial charge in [0.15, 0.2) is 0 Å². The van der Waals surface area contributed by atoms with Crippen molar-refractivity contribution >= 4 is 0 Å². The lowest BCUT2D eigenvalue weighted by atomic mass is 9.76. The van der Waals surface area contributed by atoms with Gasteiger partial charge in [0.25, 0.3) is 0 Å². The summed E-state index contributed by atoms with van der Waals surface area (Å²) < 4.78 is 5.25. The molecular weight excluding hydrogens is 116 g/mol. The Morgan fingerprint density at radius 3 is 2.22 bits per heavy atom. The van der Waals surface area contributed by atoms with E-state index >= 15 is 0 Å². The van der Waals surface area contributed by atoms with E-state index in [2.05, 4.69) is 13.8 Å². The lowest BCUT2D eigenvalue weighted by molar-refractivity contribution is -0.237. The fourth-order valence-corrected chi connectivity index (χ4v) is 1.06. The van der Waals surface area contributed by atoms with Crippen LogP contribution < -0.4 is 0 Å². The Morgan fingerprint density at radius 2 is 2.11 bits per heavy atom. The first-order valence-electron chi connectivity index (χ1n) is 3.35. The fourth-order valence-electron chi connectivity index (χ4n) is 1.06.